The summed E-state index contributed by atoms with van der Waals surface area (Å²) in [5.74, 6) is -0.614. The molecule has 0 heterocycles. The fourth-order valence-corrected chi connectivity index (χ4v) is 8.73. The van der Waals surface area contributed by atoms with Crippen LogP contribution in [0.2, 0.25) is 0 Å². The molecule has 0 rings (SSSR count). The minimum absolute atomic E-state index is 0.0403. The van der Waals surface area contributed by atoms with E-state index < -0.39 is 5.79 Å². The highest BCUT2D eigenvalue weighted by atomic mass is 16.7. The molecule has 58 heavy (non-hydrogen) atoms. The first kappa shape index (κ1) is 57.8. The lowest BCUT2D eigenvalue weighted by molar-refractivity contribution is -0.252. The SMILES string of the molecule is CCCCCCCCCCCCCCCCOCCC(CC(C)N)(OCCCCCCCCCCCCCCCC)OCCCCCCCCCCCCCCCC. The van der Waals surface area contributed by atoms with Gasteiger partial charge in [0.15, 0.2) is 5.79 Å². The topological polar surface area (TPSA) is 53.7 Å². The lowest BCUT2D eigenvalue weighted by Gasteiger charge is -2.35. The van der Waals surface area contributed by atoms with Gasteiger partial charge in [0.25, 0.3) is 0 Å². The molecule has 0 aliphatic carbocycles. The third-order valence-corrected chi connectivity index (χ3v) is 12.6. The van der Waals surface area contributed by atoms with Crippen molar-refractivity contribution in [3.05, 3.63) is 0 Å². The van der Waals surface area contributed by atoms with Crippen molar-refractivity contribution >= 4 is 0 Å². The van der Waals surface area contributed by atoms with Crippen molar-refractivity contribution in [1.82, 2.24) is 0 Å². The highest BCUT2D eigenvalue weighted by molar-refractivity contribution is 4.76. The molecule has 4 nitrogen and oxygen atoms in total. The van der Waals surface area contributed by atoms with E-state index in [1.165, 1.54) is 250 Å². The normalized spacial score (nSPS) is 12.6. The molecule has 0 fully saturated rings. The Labute approximate surface area is 367 Å². The zero-order valence-corrected chi connectivity index (χ0v) is 40.8. The predicted octanol–water partition coefficient (Wildman–Crippen LogP) is 18.3. The first-order chi connectivity index (χ1) is 28.6. The van der Waals surface area contributed by atoms with Gasteiger partial charge in [-0.3, -0.25) is 0 Å². The monoisotopic (exact) mass is 822 g/mol. The van der Waals surface area contributed by atoms with E-state index in [0.717, 1.165) is 51.9 Å². The summed E-state index contributed by atoms with van der Waals surface area (Å²) >= 11 is 0. The Morgan fingerprint density at radius 1 is 0.310 bits per heavy atom. The largest absolute Gasteiger partial charge is 0.381 e. The molecule has 0 aromatic heterocycles. The van der Waals surface area contributed by atoms with Crippen LogP contribution in [0, 0.1) is 0 Å². The third kappa shape index (κ3) is 45.4. The minimum Gasteiger partial charge on any atom is -0.381 e. The zero-order valence-electron chi connectivity index (χ0n) is 40.8. The number of unbranched alkanes of at least 4 members (excludes halogenated alkanes) is 39. The van der Waals surface area contributed by atoms with Crippen LogP contribution in [0.3, 0.4) is 0 Å². The molecular formula is C54H111NO3. The van der Waals surface area contributed by atoms with Crippen LogP contribution in [0.15, 0.2) is 0 Å². The average Bonchev–Trinajstić information content (AvgIpc) is 3.21. The van der Waals surface area contributed by atoms with Crippen molar-refractivity contribution in [1.29, 1.82) is 0 Å². The van der Waals surface area contributed by atoms with Gasteiger partial charge in [-0.2, -0.15) is 0 Å². The predicted molar refractivity (Wildman–Crippen MR) is 259 cm³/mol. The van der Waals surface area contributed by atoms with E-state index in [2.05, 4.69) is 27.7 Å². The molecule has 1 atom stereocenters. The molecule has 0 aliphatic heterocycles. The van der Waals surface area contributed by atoms with Crippen LogP contribution in [0.5, 0.6) is 0 Å². The van der Waals surface area contributed by atoms with Crippen molar-refractivity contribution < 1.29 is 14.2 Å². The van der Waals surface area contributed by atoms with Crippen molar-refractivity contribution in [2.24, 2.45) is 5.73 Å². The molecule has 0 aliphatic rings. The van der Waals surface area contributed by atoms with Gasteiger partial charge >= 0.3 is 0 Å². The summed E-state index contributed by atoms with van der Waals surface area (Å²) in [6, 6.07) is 0.0403. The standard InChI is InChI=1S/C54H111NO3/c1-5-8-11-14-17-20-23-26-29-32-35-38-41-44-48-56-51-47-54(52-53(4)55,57-49-45-42-39-36-33-30-27-24-21-18-15-12-9-6-2)58-50-46-43-40-37-34-31-28-25-22-19-16-13-10-7-3/h53H,5-52,55H2,1-4H3. The van der Waals surface area contributed by atoms with Crippen LogP contribution in [0.4, 0.5) is 0 Å². The van der Waals surface area contributed by atoms with Gasteiger partial charge in [-0.05, 0) is 26.2 Å². The minimum atomic E-state index is -0.614. The van der Waals surface area contributed by atoms with Crippen LogP contribution in [0.1, 0.15) is 310 Å². The van der Waals surface area contributed by atoms with Gasteiger partial charge in [0, 0.05) is 25.5 Å². The summed E-state index contributed by atoms with van der Waals surface area (Å²) in [6.07, 6.45) is 59.4. The van der Waals surface area contributed by atoms with E-state index in [9.17, 15) is 0 Å². The van der Waals surface area contributed by atoms with Crippen LogP contribution < -0.4 is 5.73 Å². The maximum Gasteiger partial charge on any atom is 0.171 e. The third-order valence-electron chi connectivity index (χ3n) is 12.6. The van der Waals surface area contributed by atoms with Gasteiger partial charge in [0.2, 0.25) is 0 Å². The summed E-state index contributed by atoms with van der Waals surface area (Å²) < 4.78 is 19.7. The van der Waals surface area contributed by atoms with Gasteiger partial charge in [-0.1, -0.05) is 271 Å². The Kier molecular flexibility index (Phi) is 49.4. The second kappa shape index (κ2) is 49.5. The van der Waals surface area contributed by atoms with Crippen LogP contribution >= 0.6 is 0 Å². The van der Waals surface area contributed by atoms with Crippen molar-refractivity contribution in [2.45, 2.75) is 322 Å². The molecule has 1 unspecified atom stereocenters. The Morgan fingerprint density at radius 2 is 0.534 bits per heavy atom. The average molecular weight is 822 g/mol. The molecule has 0 aromatic carbocycles. The molecule has 2 N–H and O–H groups in total. The summed E-state index contributed by atoms with van der Waals surface area (Å²) in [7, 11) is 0. The van der Waals surface area contributed by atoms with E-state index in [0.29, 0.717) is 6.61 Å². The smallest absolute Gasteiger partial charge is 0.171 e. The summed E-state index contributed by atoms with van der Waals surface area (Å²) in [5, 5.41) is 0. The highest BCUT2D eigenvalue weighted by Gasteiger charge is 2.33. The molecule has 0 saturated heterocycles. The quantitative estimate of drug-likeness (QED) is 0.0490. The first-order valence-corrected chi connectivity index (χ1v) is 27.2. The van der Waals surface area contributed by atoms with Gasteiger partial charge < -0.3 is 19.9 Å². The Morgan fingerprint density at radius 3 is 0.776 bits per heavy atom. The molecule has 0 saturated carbocycles. The Balaban J connectivity index is 4.41. The zero-order chi connectivity index (χ0) is 42.1. The van der Waals surface area contributed by atoms with E-state index in [1.54, 1.807) is 0 Å². The number of hydrogen-bond donors (Lipinski definition) is 1. The summed E-state index contributed by atoms with van der Waals surface area (Å²) in [6.45, 7) is 12.1. The van der Waals surface area contributed by atoms with Crippen molar-refractivity contribution in [2.75, 3.05) is 26.4 Å². The molecule has 0 radical (unpaired) electrons. The fourth-order valence-electron chi connectivity index (χ4n) is 8.73. The molecule has 0 aromatic rings. The highest BCUT2D eigenvalue weighted by Crippen LogP contribution is 2.27. The van der Waals surface area contributed by atoms with Crippen molar-refractivity contribution in [3.8, 4) is 0 Å². The van der Waals surface area contributed by atoms with E-state index in [1.807, 2.05) is 0 Å². The molecule has 0 amide bonds. The first-order valence-electron chi connectivity index (χ1n) is 27.2. The number of ether oxygens (including phenoxy) is 3. The second-order valence-electron chi connectivity index (χ2n) is 18.9. The molecular weight excluding hydrogens is 711 g/mol. The molecule has 4 heteroatoms. The lowest BCUT2D eigenvalue weighted by atomic mass is 10.0. The summed E-state index contributed by atoms with van der Waals surface area (Å²) in [5.41, 5.74) is 6.46. The Hall–Kier alpha value is -0.160. The molecule has 0 spiro atoms. The second-order valence-corrected chi connectivity index (χ2v) is 18.9. The van der Waals surface area contributed by atoms with Gasteiger partial charge in [-0.25, -0.2) is 0 Å². The summed E-state index contributed by atoms with van der Waals surface area (Å²) in [4.78, 5) is 0. The van der Waals surface area contributed by atoms with Crippen LogP contribution in [0.25, 0.3) is 0 Å². The van der Waals surface area contributed by atoms with E-state index in [4.69, 9.17) is 19.9 Å². The van der Waals surface area contributed by atoms with E-state index >= 15 is 0 Å². The van der Waals surface area contributed by atoms with E-state index in [-0.39, 0.29) is 6.04 Å². The lowest BCUT2D eigenvalue weighted by Crippen LogP contribution is -2.43. The maximum absolute atomic E-state index is 6.71. The Bertz CT molecular complexity index is 695. The van der Waals surface area contributed by atoms with Gasteiger partial charge in [-0.15, -0.1) is 0 Å². The number of rotatable bonds is 52. The number of nitrogens with two attached hydrogens (primary N) is 1. The fraction of sp³-hybridized carbons (Fsp3) is 1.00. The molecule has 0 bridgehead atoms. The maximum atomic E-state index is 6.71. The van der Waals surface area contributed by atoms with Gasteiger partial charge in [0.05, 0.1) is 19.8 Å². The van der Waals surface area contributed by atoms with Crippen molar-refractivity contribution in [3.63, 3.8) is 0 Å². The van der Waals surface area contributed by atoms with Gasteiger partial charge in [0.1, 0.15) is 0 Å². The molecule has 350 valence electrons. The number of hydrogen-bond acceptors (Lipinski definition) is 4. The van der Waals surface area contributed by atoms with Crippen LogP contribution in [-0.2, 0) is 14.2 Å². The van der Waals surface area contributed by atoms with Crippen LogP contribution in [-0.4, -0.2) is 38.3 Å².